The third-order valence-corrected chi connectivity index (χ3v) is 15.7. The maximum absolute atomic E-state index is 15.1. The van der Waals surface area contributed by atoms with Crippen LogP contribution in [0.4, 0.5) is 24.5 Å². The molecule has 5 heterocycles. The number of halogens is 4. The number of hydrogen-bond acceptors (Lipinski definition) is 10. The average molecular weight is 883 g/mol. The number of nitrogens with one attached hydrogen (secondary N) is 1. The fraction of sp³-hybridized carbons (Fsp3) is 0.489. The van der Waals surface area contributed by atoms with E-state index in [0.29, 0.717) is 46.8 Å². The first-order chi connectivity index (χ1) is 30.2. The molecule has 2 amide bonds. The Kier molecular flexibility index (Phi) is 9.09. The summed E-state index contributed by atoms with van der Waals surface area (Å²) < 4.78 is 43.4. The molecule has 3 aromatic heterocycles. The number of piperidine rings is 1. The van der Waals surface area contributed by atoms with E-state index in [0.717, 1.165) is 69.3 Å². The van der Waals surface area contributed by atoms with Crippen molar-refractivity contribution in [2.45, 2.75) is 94.4 Å². The van der Waals surface area contributed by atoms with Gasteiger partial charge in [0, 0.05) is 78.1 Å². The predicted molar refractivity (Wildman–Crippen MR) is 227 cm³/mol. The molecule has 1 spiro atoms. The van der Waals surface area contributed by atoms with E-state index in [1.54, 1.807) is 16.4 Å². The summed E-state index contributed by atoms with van der Waals surface area (Å²) in [7, 11) is 0. The first-order valence-corrected chi connectivity index (χ1v) is 22.2. The molecule has 2 saturated heterocycles. The second kappa shape index (κ2) is 14.2. The Hall–Kier alpha value is -5.55. The predicted octanol–water partition coefficient (Wildman–Crippen LogP) is 6.42. The Labute approximate surface area is 365 Å². The minimum Gasteiger partial charge on any atom is -0.504 e. The molecule has 0 radical (unpaired) electrons. The molecule has 2 N–H and O–H groups in total. The quantitative estimate of drug-likeness (QED) is 0.187. The van der Waals surface area contributed by atoms with Crippen LogP contribution in [0, 0.1) is 18.8 Å². The number of aromatic hydroxyl groups is 1. The van der Waals surface area contributed by atoms with Crippen molar-refractivity contribution in [3.63, 3.8) is 0 Å². The Morgan fingerprint density at radius 2 is 1.75 bits per heavy atom. The van der Waals surface area contributed by atoms with Crippen molar-refractivity contribution in [2.75, 3.05) is 42.9 Å². The normalized spacial score (nSPS) is 25.9. The molecule has 2 aliphatic heterocycles. The van der Waals surface area contributed by atoms with Crippen molar-refractivity contribution < 1.29 is 27.9 Å². The number of amides is 2. The highest BCUT2D eigenvalue weighted by atomic mass is 35.5. The van der Waals surface area contributed by atoms with Gasteiger partial charge in [0.05, 0.1) is 22.0 Å². The number of carbonyl (C=O) groups excluding carboxylic acids is 2. The summed E-state index contributed by atoms with van der Waals surface area (Å²) in [5, 5.41) is 18.0. The largest absolute Gasteiger partial charge is 0.504 e. The number of alkyl halides is 3. The maximum atomic E-state index is 15.1. The van der Waals surface area contributed by atoms with Crippen LogP contribution in [0.5, 0.6) is 5.75 Å². The van der Waals surface area contributed by atoms with E-state index in [9.17, 15) is 27.9 Å². The highest BCUT2D eigenvalue weighted by Crippen LogP contribution is 2.72. The second-order valence-corrected chi connectivity index (χ2v) is 19.0. The van der Waals surface area contributed by atoms with Crippen LogP contribution in [0.25, 0.3) is 17.2 Å². The molecule has 63 heavy (non-hydrogen) atoms. The van der Waals surface area contributed by atoms with E-state index < -0.39 is 23.1 Å². The van der Waals surface area contributed by atoms with E-state index in [4.69, 9.17) is 21.7 Å². The fourth-order valence-corrected chi connectivity index (χ4v) is 12.0. The van der Waals surface area contributed by atoms with E-state index in [1.165, 1.54) is 30.1 Å². The Balaban J connectivity index is 0.949. The molecule has 5 aromatic rings. The first kappa shape index (κ1) is 40.2. The Bertz CT molecular complexity index is 2780. The third-order valence-electron chi connectivity index (χ3n) is 15.4. The summed E-state index contributed by atoms with van der Waals surface area (Å²) in [6.07, 6.45) is 3.22. The minimum absolute atomic E-state index is 0.0179. The molecule has 3 saturated carbocycles. The third kappa shape index (κ3) is 6.19. The number of anilines is 2. The molecule has 0 bridgehead atoms. The number of piperazine rings is 1. The summed E-state index contributed by atoms with van der Waals surface area (Å²) in [5.74, 6) is -0.720. The second-order valence-electron chi connectivity index (χ2n) is 18.6. The number of likely N-dealkylation sites (tertiary alicyclic amines) is 1. The van der Waals surface area contributed by atoms with Crippen LogP contribution in [0.3, 0.4) is 0 Å². The molecular weight excluding hydrogens is 837 g/mol. The van der Waals surface area contributed by atoms with Gasteiger partial charge < -0.3 is 24.8 Å². The SMILES string of the molecule is Cc1ncnc(C(=O)N2CCC3(c4c(n(CC(=O)Nc5ccc(C(F)(F)F)cc5Cl)c5nc(-c6ccc(N7CCN(C8(C)CCC8)CC7)cc6)nn5c4=O)[C@H]4C[C@H]43)[C@@H]3CC[C@@H]32)c1O. The molecule has 14 nitrogen and oxygen atoms in total. The molecule has 18 heteroatoms. The number of benzene rings is 2. The van der Waals surface area contributed by atoms with Crippen molar-refractivity contribution in [2.24, 2.45) is 11.8 Å². The van der Waals surface area contributed by atoms with Gasteiger partial charge >= 0.3 is 6.18 Å². The van der Waals surface area contributed by atoms with Crippen LogP contribution in [0.2, 0.25) is 5.02 Å². The summed E-state index contributed by atoms with van der Waals surface area (Å²) >= 11 is 6.27. The van der Waals surface area contributed by atoms with Gasteiger partial charge in [-0.05, 0) is 113 Å². The lowest BCUT2D eigenvalue weighted by Gasteiger charge is -2.58. The molecule has 2 aromatic carbocycles. The van der Waals surface area contributed by atoms with E-state index in [2.05, 4.69) is 32.0 Å². The van der Waals surface area contributed by atoms with Gasteiger partial charge in [-0.15, -0.1) is 5.10 Å². The molecule has 1 unspecified atom stereocenters. The monoisotopic (exact) mass is 882 g/mol. The highest BCUT2D eigenvalue weighted by Gasteiger charge is 2.70. The average Bonchev–Trinajstić information content (AvgIpc) is 3.83. The van der Waals surface area contributed by atoms with Gasteiger partial charge in [-0.1, -0.05) is 11.6 Å². The van der Waals surface area contributed by atoms with Crippen molar-refractivity contribution in [1.29, 1.82) is 0 Å². The number of carbonyl (C=O) groups is 2. The highest BCUT2D eigenvalue weighted by molar-refractivity contribution is 6.33. The van der Waals surface area contributed by atoms with Crippen LogP contribution in [-0.4, -0.2) is 100 Å². The summed E-state index contributed by atoms with van der Waals surface area (Å²) in [5.41, 5.74) is 1.83. The number of fused-ring (bicyclic) bond motifs is 8. The first-order valence-electron chi connectivity index (χ1n) is 21.8. The molecule has 5 fully saturated rings. The standard InChI is InChI=1S/C45H46ClF3N10O4/c1-24-38(61)36(51-23-50-24)41(63)57-15-14-44(29-9-11-33(29)57)30-21-28(30)37-35(44)40(62)59-42(58(37)22-34(60)52-32-10-6-26(20-31(32)46)45(47,48)49)53-39(54-59)25-4-7-27(8-5-25)55-16-18-56(19-17-55)43(2)12-3-13-43/h4-8,10,20,23,28-30,33,61H,3,9,11-19,21-22H2,1-2H3,(H,52,60)/t28-,29+,30+,33-,44?/m0/s1. The smallest absolute Gasteiger partial charge is 0.416 e. The number of aromatic nitrogens is 6. The molecular formula is C45H46ClF3N10O4. The van der Waals surface area contributed by atoms with Crippen molar-refractivity contribution in [3.8, 4) is 17.1 Å². The number of nitrogens with zero attached hydrogens (tertiary/aromatic N) is 9. The minimum atomic E-state index is -4.61. The lowest BCUT2D eigenvalue weighted by atomic mass is 9.54. The lowest BCUT2D eigenvalue weighted by molar-refractivity contribution is -0.137. The Morgan fingerprint density at radius 3 is 2.41 bits per heavy atom. The van der Waals surface area contributed by atoms with Crippen LogP contribution in [0.1, 0.15) is 90.8 Å². The zero-order chi connectivity index (χ0) is 43.7. The number of hydrogen-bond donors (Lipinski definition) is 2. The van der Waals surface area contributed by atoms with Crippen LogP contribution >= 0.6 is 11.6 Å². The molecule has 5 atom stereocenters. The van der Waals surface area contributed by atoms with Crippen LogP contribution < -0.4 is 15.8 Å². The van der Waals surface area contributed by atoms with Crippen LogP contribution in [-0.2, 0) is 22.9 Å². The van der Waals surface area contributed by atoms with Crippen molar-refractivity contribution in [1.82, 2.24) is 38.9 Å². The lowest BCUT2D eigenvalue weighted by Crippen LogP contribution is -2.64. The van der Waals surface area contributed by atoms with Gasteiger partial charge in [0.2, 0.25) is 11.7 Å². The zero-order valence-corrected chi connectivity index (χ0v) is 35.6. The van der Waals surface area contributed by atoms with Crippen molar-refractivity contribution >= 4 is 40.6 Å². The summed E-state index contributed by atoms with van der Waals surface area (Å²) in [6.45, 7) is 7.86. The van der Waals surface area contributed by atoms with Crippen molar-refractivity contribution in [3.05, 3.63) is 92.4 Å². The summed E-state index contributed by atoms with van der Waals surface area (Å²) in [6, 6.07) is 10.6. The molecule has 328 valence electrons. The molecule has 4 aliphatic carbocycles. The fourth-order valence-electron chi connectivity index (χ4n) is 11.8. The van der Waals surface area contributed by atoms with Gasteiger partial charge in [0.1, 0.15) is 12.9 Å². The molecule has 6 aliphatic rings. The van der Waals surface area contributed by atoms with Gasteiger partial charge in [-0.3, -0.25) is 19.3 Å². The number of aryl methyl sites for hydroxylation is 1. The topological polar surface area (TPSA) is 154 Å². The van der Waals surface area contributed by atoms with Gasteiger partial charge in [-0.25, -0.2) is 9.97 Å². The van der Waals surface area contributed by atoms with Gasteiger partial charge in [0.25, 0.3) is 11.5 Å². The van der Waals surface area contributed by atoms with E-state index in [1.807, 2.05) is 24.3 Å². The Morgan fingerprint density at radius 1 is 0.984 bits per heavy atom. The molecule has 11 rings (SSSR count). The van der Waals surface area contributed by atoms with Gasteiger partial charge in [0.15, 0.2) is 17.3 Å². The zero-order valence-electron chi connectivity index (χ0n) is 34.8. The van der Waals surface area contributed by atoms with E-state index >= 15 is 4.79 Å². The van der Waals surface area contributed by atoms with E-state index in [-0.39, 0.29) is 69.7 Å². The van der Waals surface area contributed by atoms with Gasteiger partial charge in [-0.2, -0.15) is 22.7 Å². The van der Waals surface area contributed by atoms with Crippen LogP contribution in [0.15, 0.2) is 53.6 Å². The summed E-state index contributed by atoms with van der Waals surface area (Å²) in [4.78, 5) is 62.8. The maximum Gasteiger partial charge on any atom is 0.416 e. The number of rotatable bonds is 7.